The maximum atomic E-state index is 12.0. The first kappa shape index (κ1) is 18.9. The highest BCUT2D eigenvalue weighted by molar-refractivity contribution is 7.99. The maximum absolute atomic E-state index is 12.0. The zero-order valence-electron chi connectivity index (χ0n) is 13.9. The number of rotatable bonds is 3. The van der Waals surface area contributed by atoms with Crippen molar-refractivity contribution >= 4 is 23.9 Å². The molecule has 0 bridgehead atoms. The van der Waals surface area contributed by atoms with Gasteiger partial charge in [0.1, 0.15) is 11.5 Å². The molecule has 1 rings (SSSR count). The van der Waals surface area contributed by atoms with Gasteiger partial charge in [0.05, 0.1) is 12.6 Å². The Hall–Kier alpha value is -1.15. The highest BCUT2D eigenvalue weighted by atomic mass is 32.2. The average molecular weight is 334 g/mol. The summed E-state index contributed by atoms with van der Waals surface area (Å²) >= 11 is 1.38. The van der Waals surface area contributed by atoms with E-state index in [1.54, 1.807) is 14.1 Å². The van der Waals surface area contributed by atoms with Crippen molar-refractivity contribution in [3.05, 3.63) is 0 Å². The highest BCUT2D eigenvalue weighted by Gasteiger charge is 2.32. The summed E-state index contributed by atoms with van der Waals surface area (Å²) in [6, 6.07) is 0. The van der Waals surface area contributed by atoms with Crippen LogP contribution < -0.4 is 0 Å². The van der Waals surface area contributed by atoms with E-state index in [2.05, 4.69) is 0 Å². The lowest BCUT2D eigenvalue weighted by Gasteiger charge is -2.36. The van der Waals surface area contributed by atoms with Crippen LogP contribution >= 0.6 is 11.8 Å². The molecule has 128 valence electrons. The van der Waals surface area contributed by atoms with Crippen LogP contribution in [-0.4, -0.2) is 77.2 Å². The van der Waals surface area contributed by atoms with Crippen LogP contribution in [0.3, 0.4) is 0 Å². The molecule has 0 radical (unpaired) electrons. The Kier molecular flexibility index (Phi) is 6.80. The topological polar surface area (TPSA) is 79.3 Å². The van der Waals surface area contributed by atoms with Gasteiger partial charge in [-0.15, -0.1) is 11.8 Å². The van der Waals surface area contributed by atoms with Crippen molar-refractivity contribution in [2.75, 3.05) is 33.1 Å². The first-order chi connectivity index (χ1) is 10.1. The van der Waals surface area contributed by atoms with Gasteiger partial charge < -0.3 is 24.4 Å². The van der Waals surface area contributed by atoms with Gasteiger partial charge in [-0.2, -0.15) is 0 Å². The second-order valence-electron chi connectivity index (χ2n) is 6.41. The molecule has 2 atom stereocenters. The smallest absolute Gasteiger partial charge is 0.410 e. The van der Waals surface area contributed by atoms with Crippen LogP contribution in [-0.2, 0) is 9.47 Å². The minimum Gasteiger partial charge on any atom is -0.444 e. The number of likely N-dealkylation sites (tertiary alicyclic amines) is 1. The molecular formula is C14H26N2O5S. The standard InChI is InChI=1S/C14H26N2O5S/c1-14(2,3)21-13(19)16-7-6-11(10(17)8-16)22-9-20-12(18)15(4)5/h10-11,17H,6-9H2,1-5H3. The van der Waals surface area contributed by atoms with Gasteiger partial charge in [0.2, 0.25) is 0 Å². The van der Waals surface area contributed by atoms with Gasteiger partial charge in [-0.25, -0.2) is 9.59 Å². The van der Waals surface area contributed by atoms with E-state index in [-0.39, 0.29) is 17.7 Å². The number of β-amino-alcohol motifs (C(OH)–C–C–N with tert-alkyl or cyclic N) is 1. The molecule has 0 aromatic rings. The van der Waals surface area contributed by atoms with E-state index in [0.29, 0.717) is 13.0 Å². The van der Waals surface area contributed by atoms with Crippen molar-refractivity contribution in [2.45, 2.75) is 44.1 Å². The Bertz CT molecular complexity index is 397. The van der Waals surface area contributed by atoms with E-state index in [9.17, 15) is 14.7 Å². The van der Waals surface area contributed by atoms with Crippen molar-refractivity contribution < 1.29 is 24.2 Å². The summed E-state index contributed by atoms with van der Waals surface area (Å²) in [6.45, 7) is 6.18. The number of thioether (sulfide) groups is 1. The van der Waals surface area contributed by atoms with Crippen molar-refractivity contribution in [3.63, 3.8) is 0 Å². The van der Waals surface area contributed by atoms with Crippen LogP contribution in [0.2, 0.25) is 0 Å². The minimum absolute atomic E-state index is 0.0614. The van der Waals surface area contributed by atoms with Gasteiger partial charge in [-0.1, -0.05) is 0 Å². The molecule has 2 unspecified atom stereocenters. The number of amides is 2. The molecule has 1 fully saturated rings. The third-order valence-electron chi connectivity index (χ3n) is 3.00. The monoisotopic (exact) mass is 334 g/mol. The number of hydrogen-bond acceptors (Lipinski definition) is 6. The molecule has 1 aliphatic rings. The van der Waals surface area contributed by atoms with Crippen molar-refractivity contribution in [1.82, 2.24) is 9.80 Å². The fourth-order valence-electron chi connectivity index (χ4n) is 1.90. The molecule has 1 aliphatic heterocycles. The summed E-state index contributed by atoms with van der Waals surface area (Å²) in [7, 11) is 3.22. The number of carbonyl (C=O) groups is 2. The molecule has 0 aromatic heterocycles. The van der Waals surface area contributed by atoms with Gasteiger partial charge in [0.25, 0.3) is 0 Å². The van der Waals surface area contributed by atoms with Crippen LogP contribution in [0, 0.1) is 0 Å². The van der Waals surface area contributed by atoms with Crippen molar-refractivity contribution in [1.29, 1.82) is 0 Å². The number of nitrogens with zero attached hydrogens (tertiary/aromatic N) is 2. The molecule has 1 saturated heterocycles. The fraction of sp³-hybridized carbons (Fsp3) is 0.857. The van der Waals surface area contributed by atoms with E-state index in [1.807, 2.05) is 20.8 Å². The van der Waals surface area contributed by atoms with Gasteiger partial charge in [-0.05, 0) is 27.2 Å². The predicted molar refractivity (Wildman–Crippen MR) is 84.8 cm³/mol. The third-order valence-corrected chi connectivity index (χ3v) is 4.23. The number of piperidine rings is 1. The molecule has 0 saturated carbocycles. The first-order valence-corrected chi connectivity index (χ1v) is 8.26. The summed E-state index contributed by atoms with van der Waals surface area (Å²) in [5.74, 6) is 0.186. The summed E-state index contributed by atoms with van der Waals surface area (Å²) in [4.78, 5) is 26.1. The molecule has 22 heavy (non-hydrogen) atoms. The second-order valence-corrected chi connectivity index (χ2v) is 7.58. The molecule has 1 heterocycles. The fourth-order valence-corrected chi connectivity index (χ4v) is 2.82. The summed E-state index contributed by atoms with van der Waals surface area (Å²) in [5, 5.41) is 10.1. The van der Waals surface area contributed by atoms with Crippen LogP contribution in [0.15, 0.2) is 0 Å². The lowest BCUT2D eigenvalue weighted by atomic mass is 10.1. The highest BCUT2D eigenvalue weighted by Crippen LogP contribution is 2.25. The lowest BCUT2D eigenvalue weighted by Crippen LogP contribution is -2.49. The molecule has 2 amide bonds. The Labute approximate surface area is 135 Å². The van der Waals surface area contributed by atoms with Gasteiger partial charge >= 0.3 is 12.2 Å². The van der Waals surface area contributed by atoms with Crippen LogP contribution in [0.4, 0.5) is 9.59 Å². The van der Waals surface area contributed by atoms with E-state index in [0.717, 1.165) is 0 Å². The molecule has 0 aromatic carbocycles. The molecular weight excluding hydrogens is 308 g/mol. The van der Waals surface area contributed by atoms with E-state index < -0.39 is 23.9 Å². The maximum Gasteiger partial charge on any atom is 0.410 e. The van der Waals surface area contributed by atoms with Crippen LogP contribution in [0.5, 0.6) is 0 Å². The zero-order valence-corrected chi connectivity index (χ0v) is 14.7. The molecule has 0 spiro atoms. The average Bonchev–Trinajstić information content (AvgIpc) is 2.38. The second kappa shape index (κ2) is 7.92. The third kappa shape index (κ3) is 6.31. The summed E-state index contributed by atoms with van der Waals surface area (Å²) in [6.07, 6.45) is -0.850. The Morgan fingerprint density at radius 1 is 1.36 bits per heavy atom. The normalized spacial score (nSPS) is 22.2. The van der Waals surface area contributed by atoms with E-state index >= 15 is 0 Å². The Balaban J connectivity index is 2.36. The number of aliphatic hydroxyl groups is 1. The molecule has 8 heteroatoms. The lowest BCUT2D eigenvalue weighted by molar-refractivity contribution is 0.00531. The number of aliphatic hydroxyl groups excluding tert-OH is 1. The SMILES string of the molecule is CN(C)C(=O)OCSC1CCN(C(=O)OC(C)(C)C)CC1O. The number of hydrogen-bond donors (Lipinski definition) is 1. The van der Waals surface area contributed by atoms with Gasteiger partial charge in [0, 0.05) is 25.9 Å². The van der Waals surface area contributed by atoms with Crippen molar-refractivity contribution in [3.8, 4) is 0 Å². The molecule has 7 nitrogen and oxygen atoms in total. The summed E-state index contributed by atoms with van der Waals surface area (Å²) < 4.78 is 10.3. The van der Waals surface area contributed by atoms with Crippen LogP contribution in [0.1, 0.15) is 27.2 Å². The van der Waals surface area contributed by atoms with Gasteiger partial charge in [-0.3, -0.25) is 0 Å². The van der Waals surface area contributed by atoms with Crippen molar-refractivity contribution in [2.24, 2.45) is 0 Å². The Morgan fingerprint density at radius 2 is 2.00 bits per heavy atom. The molecule has 0 aliphatic carbocycles. The van der Waals surface area contributed by atoms with Gasteiger partial charge in [0.15, 0.2) is 0 Å². The predicted octanol–water partition coefficient (Wildman–Crippen LogP) is 1.75. The summed E-state index contributed by atoms with van der Waals surface area (Å²) in [5.41, 5.74) is -0.548. The number of ether oxygens (including phenoxy) is 2. The quantitative estimate of drug-likeness (QED) is 0.792. The van der Waals surface area contributed by atoms with Crippen LogP contribution in [0.25, 0.3) is 0 Å². The zero-order chi connectivity index (χ0) is 16.9. The Morgan fingerprint density at radius 3 is 2.50 bits per heavy atom. The number of carbonyl (C=O) groups excluding carboxylic acids is 2. The largest absolute Gasteiger partial charge is 0.444 e. The van der Waals surface area contributed by atoms with E-state index in [1.165, 1.54) is 21.6 Å². The minimum atomic E-state index is -0.663. The molecule has 1 N–H and O–H groups in total. The van der Waals surface area contributed by atoms with E-state index in [4.69, 9.17) is 9.47 Å². The first-order valence-electron chi connectivity index (χ1n) is 7.22.